The predicted octanol–water partition coefficient (Wildman–Crippen LogP) is 1.73. The third-order valence-electron chi connectivity index (χ3n) is 3.59. The van der Waals surface area contributed by atoms with Crippen LogP contribution < -0.4 is 10.6 Å². The van der Waals surface area contributed by atoms with Crippen LogP contribution in [-0.4, -0.2) is 70.5 Å². The van der Waals surface area contributed by atoms with Gasteiger partial charge in [0.15, 0.2) is 5.96 Å². The van der Waals surface area contributed by atoms with Crippen LogP contribution in [0.1, 0.15) is 34.1 Å². The molecule has 0 aliphatic carbocycles. The summed E-state index contributed by atoms with van der Waals surface area (Å²) < 4.78 is 49.0. The third-order valence-corrected chi connectivity index (χ3v) is 5.51. The maximum absolute atomic E-state index is 12.4. The number of likely N-dealkylation sites (tertiary alicyclic amines) is 1. The van der Waals surface area contributed by atoms with E-state index in [-0.39, 0.29) is 10.8 Å². The molecule has 1 fully saturated rings. The number of hydrogen-bond donors (Lipinski definition) is 2. The first-order valence-corrected chi connectivity index (χ1v) is 9.55. The van der Waals surface area contributed by atoms with E-state index in [2.05, 4.69) is 15.6 Å². The number of alkyl halides is 3. The van der Waals surface area contributed by atoms with Gasteiger partial charge in [0.2, 0.25) is 0 Å². The number of nitrogens with one attached hydrogen (secondary N) is 2. The van der Waals surface area contributed by atoms with Gasteiger partial charge in [0, 0.05) is 47.0 Å². The van der Waals surface area contributed by atoms with E-state index in [0.717, 1.165) is 0 Å². The molecule has 0 aromatic rings. The molecule has 1 heterocycles. The van der Waals surface area contributed by atoms with Crippen molar-refractivity contribution in [1.82, 2.24) is 15.5 Å². The van der Waals surface area contributed by atoms with Crippen LogP contribution in [0.5, 0.6) is 0 Å². The molecule has 0 amide bonds. The van der Waals surface area contributed by atoms with E-state index in [4.69, 9.17) is 0 Å². The van der Waals surface area contributed by atoms with Crippen LogP contribution in [0.4, 0.5) is 13.2 Å². The molecule has 24 heavy (non-hydrogen) atoms. The number of guanidine groups is 1. The minimum absolute atomic E-state index is 0.0572. The highest BCUT2D eigenvalue weighted by Gasteiger charge is 2.34. The van der Waals surface area contributed by atoms with E-state index in [1.54, 1.807) is 0 Å². The fraction of sp³-hybridized carbons (Fsp3) is 0.933. The molecular weight excluding hydrogens is 341 g/mol. The summed E-state index contributed by atoms with van der Waals surface area (Å²) in [6.07, 6.45) is -3.51. The van der Waals surface area contributed by atoms with Crippen LogP contribution in [0.2, 0.25) is 0 Å². The van der Waals surface area contributed by atoms with Crippen molar-refractivity contribution in [1.29, 1.82) is 0 Å². The fourth-order valence-electron chi connectivity index (χ4n) is 2.41. The molecule has 1 saturated heterocycles. The maximum Gasteiger partial charge on any atom is 0.401 e. The quantitative estimate of drug-likeness (QED) is 0.552. The van der Waals surface area contributed by atoms with Gasteiger partial charge in [-0.1, -0.05) is 0 Å². The lowest BCUT2D eigenvalue weighted by molar-refractivity contribution is -0.143. The standard InChI is InChI=1S/C15H29F3N4OS/c1-5-19-13(20-7-9-24(23)14(2,3)4)21-12-6-8-22(10-12)11-15(16,17)18/h12H,5-11H2,1-4H3,(H2,19,20,21). The number of halogens is 3. The average Bonchev–Trinajstić information content (AvgIpc) is 2.82. The maximum atomic E-state index is 12.4. The second-order valence-electron chi connectivity index (χ2n) is 6.90. The summed E-state index contributed by atoms with van der Waals surface area (Å²) in [5.41, 5.74) is 0. The summed E-state index contributed by atoms with van der Waals surface area (Å²) in [6.45, 7) is 8.66. The molecule has 0 aromatic heterocycles. The van der Waals surface area contributed by atoms with E-state index in [0.29, 0.717) is 44.3 Å². The average molecular weight is 370 g/mol. The molecule has 5 nitrogen and oxygen atoms in total. The second-order valence-corrected chi connectivity index (χ2v) is 9.23. The molecule has 0 bridgehead atoms. The molecule has 2 atom stereocenters. The van der Waals surface area contributed by atoms with E-state index in [1.165, 1.54) is 4.90 Å². The minimum Gasteiger partial charge on any atom is -0.357 e. The van der Waals surface area contributed by atoms with Gasteiger partial charge in [0.05, 0.1) is 13.1 Å². The van der Waals surface area contributed by atoms with E-state index < -0.39 is 23.5 Å². The summed E-state index contributed by atoms with van der Waals surface area (Å²) in [7, 11) is -0.975. The van der Waals surface area contributed by atoms with Crippen molar-refractivity contribution >= 4 is 16.8 Å². The molecule has 9 heteroatoms. The Morgan fingerprint density at radius 1 is 1.33 bits per heavy atom. The molecule has 0 aromatic carbocycles. The van der Waals surface area contributed by atoms with Crippen molar-refractivity contribution in [3.8, 4) is 0 Å². The molecule has 0 radical (unpaired) electrons. The Morgan fingerprint density at radius 3 is 2.54 bits per heavy atom. The van der Waals surface area contributed by atoms with Crippen molar-refractivity contribution in [3.05, 3.63) is 0 Å². The fourth-order valence-corrected chi connectivity index (χ4v) is 3.28. The Balaban J connectivity index is 2.48. The molecule has 0 spiro atoms. The summed E-state index contributed by atoms with van der Waals surface area (Å²) in [4.78, 5) is 5.79. The third kappa shape index (κ3) is 8.32. The summed E-state index contributed by atoms with van der Waals surface area (Å²) >= 11 is 0. The lowest BCUT2D eigenvalue weighted by Crippen LogP contribution is -2.45. The van der Waals surface area contributed by atoms with Crippen molar-refractivity contribution in [3.63, 3.8) is 0 Å². The molecular formula is C15H29F3N4OS. The van der Waals surface area contributed by atoms with E-state index in [1.807, 2.05) is 27.7 Å². The minimum atomic E-state index is -4.16. The lowest BCUT2D eigenvalue weighted by Gasteiger charge is -2.20. The normalized spacial score (nSPS) is 21.8. The Morgan fingerprint density at radius 2 is 2.00 bits per heavy atom. The Labute approximate surface area is 144 Å². The van der Waals surface area contributed by atoms with Gasteiger partial charge in [-0.3, -0.25) is 14.1 Å². The number of aliphatic imine (C=N–C) groups is 1. The van der Waals surface area contributed by atoms with E-state index in [9.17, 15) is 17.4 Å². The summed E-state index contributed by atoms with van der Waals surface area (Å²) in [6, 6.07) is -0.0572. The number of rotatable bonds is 6. The van der Waals surface area contributed by atoms with Gasteiger partial charge in [-0.05, 0) is 34.1 Å². The van der Waals surface area contributed by atoms with Gasteiger partial charge in [-0.25, -0.2) is 0 Å². The number of hydrogen-bond acceptors (Lipinski definition) is 3. The van der Waals surface area contributed by atoms with Crippen molar-refractivity contribution < 1.29 is 17.4 Å². The smallest absolute Gasteiger partial charge is 0.357 e. The molecule has 142 valence electrons. The van der Waals surface area contributed by atoms with Gasteiger partial charge in [0.1, 0.15) is 0 Å². The zero-order chi connectivity index (χ0) is 18.4. The molecule has 1 aliphatic rings. The SMILES string of the molecule is CCNC(=NCCS(=O)C(C)(C)C)NC1CCN(CC(F)(F)F)C1. The highest BCUT2D eigenvalue weighted by atomic mass is 32.2. The van der Waals surface area contributed by atoms with Gasteiger partial charge < -0.3 is 10.6 Å². The van der Waals surface area contributed by atoms with Crippen molar-refractivity contribution in [2.24, 2.45) is 4.99 Å². The first-order valence-electron chi connectivity index (χ1n) is 8.23. The first-order chi connectivity index (χ1) is 11.0. The number of nitrogens with zero attached hydrogens (tertiary/aromatic N) is 2. The molecule has 2 unspecified atom stereocenters. The predicted molar refractivity (Wildman–Crippen MR) is 92.8 cm³/mol. The lowest BCUT2D eigenvalue weighted by atomic mass is 10.3. The monoisotopic (exact) mass is 370 g/mol. The van der Waals surface area contributed by atoms with Gasteiger partial charge >= 0.3 is 6.18 Å². The van der Waals surface area contributed by atoms with Crippen LogP contribution in [-0.2, 0) is 10.8 Å². The van der Waals surface area contributed by atoms with Crippen LogP contribution in [0, 0.1) is 0 Å². The zero-order valence-corrected chi connectivity index (χ0v) is 15.7. The van der Waals surface area contributed by atoms with Crippen LogP contribution in [0.25, 0.3) is 0 Å². The highest BCUT2D eigenvalue weighted by molar-refractivity contribution is 7.86. The largest absolute Gasteiger partial charge is 0.401 e. The molecule has 1 rings (SSSR count). The summed E-state index contributed by atoms with van der Waals surface area (Å²) in [5, 5.41) is 6.26. The Hall–Kier alpha value is -0.830. The van der Waals surface area contributed by atoms with Crippen LogP contribution >= 0.6 is 0 Å². The summed E-state index contributed by atoms with van der Waals surface area (Å²) in [5.74, 6) is 1.03. The van der Waals surface area contributed by atoms with Crippen molar-refractivity contribution in [2.75, 3.05) is 38.5 Å². The first kappa shape index (κ1) is 21.2. The van der Waals surface area contributed by atoms with Gasteiger partial charge in [-0.15, -0.1) is 0 Å². The molecule has 2 N–H and O–H groups in total. The Bertz CT molecular complexity index is 449. The second kappa shape index (κ2) is 9.03. The van der Waals surface area contributed by atoms with Crippen molar-refractivity contribution in [2.45, 2.75) is 51.1 Å². The Kier molecular flexibility index (Phi) is 7.98. The van der Waals surface area contributed by atoms with Crippen LogP contribution in [0.15, 0.2) is 4.99 Å². The highest BCUT2D eigenvalue weighted by Crippen LogP contribution is 2.19. The van der Waals surface area contributed by atoms with Crippen LogP contribution in [0.3, 0.4) is 0 Å². The zero-order valence-electron chi connectivity index (χ0n) is 14.9. The van der Waals surface area contributed by atoms with Gasteiger partial charge in [0.25, 0.3) is 0 Å². The molecule has 0 saturated carbocycles. The molecule has 1 aliphatic heterocycles. The van der Waals surface area contributed by atoms with E-state index >= 15 is 0 Å². The van der Waals surface area contributed by atoms with Gasteiger partial charge in [-0.2, -0.15) is 13.2 Å². The topological polar surface area (TPSA) is 56.7 Å².